The number of halogens is 1. The number of nitrogens with one attached hydrogen (secondary N) is 1. The Morgan fingerprint density at radius 2 is 1.18 bits per heavy atom. The highest BCUT2D eigenvalue weighted by molar-refractivity contribution is 5.82. The van der Waals surface area contributed by atoms with Gasteiger partial charge in [0.25, 0.3) is 0 Å². The Morgan fingerprint density at radius 1 is 0.721 bits per heavy atom. The fourth-order valence-corrected chi connectivity index (χ4v) is 7.40. The highest BCUT2D eigenvalue weighted by atomic mass is 35.5. The quantitative estimate of drug-likeness (QED) is 0.0296. The Labute approximate surface area is 400 Å². The third-order valence-electron chi connectivity index (χ3n) is 11.0. The second-order valence-corrected chi connectivity index (χ2v) is 16.5. The van der Waals surface area contributed by atoms with Crippen molar-refractivity contribution < 1.29 is 61.1 Å². The van der Waals surface area contributed by atoms with Crippen molar-refractivity contribution in [1.29, 1.82) is 0 Å². The first-order valence-corrected chi connectivity index (χ1v) is 22.4. The Kier molecular flexibility index (Phi) is 22.4. The maximum atomic E-state index is 14.0. The largest absolute Gasteiger partial charge is 1.00 e. The molecule has 2 unspecified atom stereocenters. The molecule has 5 heterocycles. The van der Waals surface area contributed by atoms with Gasteiger partial charge in [-0.2, -0.15) is 15.0 Å². The lowest BCUT2D eigenvalue weighted by Crippen LogP contribution is -3.00. The van der Waals surface area contributed by atoms with E-state index in [4.69, 9.17) is 47.1 Å². The SMILES string of the molecule is C#CCOCCOCCOCCNc1nc(N2CCN(C(=O)[C@H](CCC(=O)O)n3cc(C(N)CO)nn3)CC2)nc(N2CCN(C(=O)[C@H](CCC(=O)O)n3cc(C(N)CC(C)C)nn3)CC2)n1.[Cl-]. The molecule has 68 heavy (non-hydrogen) atoms. The Balaban J connectivity index is 0.0000101. The Bertz CT molecular complexity index is 2090. The normalized spacial score (nSPS) is 15.9. The molecule has 0 radical (unpaired) electrons. The van der Waals surface area contributed by atoms with Gasteiger partial charge in [0.15, 0.2) is 0 Å². The van der Waals surface area contributed by atoms with Gasteiger partial charge in [0, 0.05) is 71.7 Å². The highest BCUT2D eigenvalue weighted by Gasteiger charge is 2.34. The van der Waals surface area contributed by atoms with E-state index >= 15 is 0 Å². The van der Waals surface area contributed by atoms with Crippen LogP contribution < -0.4 is 39.0 Å². The minimum atomic E-state index is -1.07. The number of anilines is 3. The average Bonchev–Trinajstić information content (AvgIpc) is 4.02. The third-order valence-corrected chi connectivity index (χ3v) is 11.0. The van der Waals surface area contributed by atoms with Crippen LogP contribution in [0.15, 0.2) is 12.4 Å². The van der Waals surface area contributed by atoms with E-state index in [1.54, 1.807) is 16.0 Å². The van der Waals surface area contributed by atoms with Gasteiger partial charge < -0.3 is 78.3 Å². The molecule has 0 bridgehead atoms. The van der Waals surface area contributed by atoms with E-state index in [-0.39, 0.29) is 107 Å². The molecule has 376 valence electrons. The predicted octanol–water partition coefficient (Wildman–Crippen LogP) is -4.30. The monoisotopic (exact) mass is 975 g/mol. The fourth-order valence-electron chi connectivity index (χ4n) is 7.40. The van der Waals surface area contributed by atoms with Crippen molar-refractivity contribution in [1.82, 2.24) is 54.7 Å². The zero-order valence-electron chi connectivity index (χ0n) is 38.5. The molecule has 8 N–H and O–H groups in total. The number of aliphatic carboxylic acids is 2. The van der Waals surface area contributed by atoms with Gasteiger partial charge in [-0.3, -0.25) is 19.2 Å². The first-order chi connectivity index (χ1) is 32.3. The van der Waals surface area contributed by atoms with Gasteiger partial charge in [0.2, 0.25) is 29.7 Å². The van der Waals surface area contributed by atoms with Crippen LogP contribution >= 0.6 is 0 Å². The molecule has 26 nitrogen and oxygen atoms in total. The number of terminal acetylenes is 1. The molecule has 0 aromatic carbocycles. The van der Waals surface area contributed by atoms with Crippen molar-refractivity contribution in [2.24, 2.45) is 17.4 Å². The summed E-state index contributed by atoms with van der Waals surface area (Å²) in [7, 11) is 0. The summed E-state index contributed by atoms with van der Waals surface area (Å²) in [6.45, 7) is 8.56. The van der Waals surface area contributed by atoms with Crippen molar-refractivity contribution in [3.63, 3.8) is 0 Å². The number of nitrogens with two attached hydrogens (primary N) is 2. The van der Waals surface area contributed by atoms with E-state index in [0.717, 1.165) is 0 Å². The lowest BCUT2D eigenvalue weighted by Gasteiger charge is -2.38. The zero-order valence-corrected chi connectivity index (χ0v) is 39.3. The third kappa shape index (κ3) is 16.5. The summed E-state index contributed by atoms with van der Waals surface area (Å²) in [5.41, 5.74) is 13.0. The fraction of sp³-hybridized carbons (Fsp3) is 0.683. The van der Waals surface area contributed by atoms with Crippen LogP contribution in [0.1, 0.15) is 81.5 Å². The van der Waals surface area contributed by atoms with Crippen molar-refractivity contribution in [2.75, 3.05) is 120 Å². The highest BCUT2D eigenvalue weighted by Crippen LogP contribution is 2.25. The number of aliphatic hydroxyl groups excluding tert-OH is 1. The molecule has 2 fully saturated rings. The second kappa shape index (κ2) is 27.9. The Hall–Kier alpha value is -5.82. The topological polar surface area (TPSA) is 334 Å². The van der Waals surface area contributed by atoms with E-state index in [2.05, 4.69) is 31.9 Å². The summed E-state index contributed by atoms with van der Waals surface area (Å²) < 4.78 is 19.1. The van der Waals surface area contributed by atoms with Crippen LogP contribution in [-0.2, 0) is 33.4 Å². The number of carbonyl (C=O) groups is 4. The molecule has 27 heteroatoms. The predicted molar refractivity (Wildman–Crippen MR) is 239 cm³/mol. The van der Waals surface area contributed by atoms with Gasteiger partial charge >= 0.3 is 11.9 Å². The van der Waals surface area contributed by atoms with Gasteiger partial charge in [-0.25, -0.2) is 9.36 Å². The molecule has 2 amide bonds. The summed E-state index contributed by atoms with van der Waals surface area (Å²) in [6.07, 6.45) is 8.38. The maximum Gasteiger partial charge on any atom is 0.303 e. The lowest BCUT2D eigenvalue weighted by molar-refractivity contribution is -0.140. The molecule has 0 saturated carbocycles. The van der Waals surface area contributed by atoms with Crippen LogP contribution in [0.4, 0.5) is 17.8 Å². The average molecular weight is 977 g/mol. The molecule has 4 atom stereocenters. The van der Waals surface area contributed by atoms with Gasteiger partial charge in [-0.1, -0.05) is 30.2 Å². The number of rotatable bonds is 28. The number of amides is 2. The number of hydrogen-bond acceptors (Lipinski definition) is 20. The number of nitrogens with zero attached hydrogens (tertiary/aromatic N) is 13. The van der Waals surface area contributed by atoms with Crippen molar-refractivity contribution in [3.05, 3.63) is 23.8 Å². The minimum Gasteiger partial charge on any atom is -1.00 e. The molecule has 2 saturated heterocycles. The Morgan fingerprint density at radius 3 is 1.62 bits per heavy atom. The van der Waals surface area contributed by atoms with Gasteiger partial charge in [0.05, 0.1) is 69.8 Å². The number of hydrogen-bond donors (Lipinski definition) is 6. The molecule has 3 aromatic rings. The molecule has 5 rings (SSSR count). The van der Waals surface area contributed by atoms with Crippen LogP contribution in [0.3, 0.4) is 0 Å². The lowest BCUT2D eigenvalue weighted by atomic mass is 10.0. The zero-order chi connectivity index (χ0) is 48.3. The second-order valence-electron chi connectivity index (χ2n) is 16.5. The first kappa shape index (κ1) is 54.8. The first-order valence-electron chi connectivity index (χ1n) is 22.4. The summed E-state index contributed by atoms with van der Waals surface area (Å²) in [4.78, 5) is 72.6. The number of carboxylic acid groups (broad SMARTS) is 2. The molecule has 3 aromatic heterocycles. The van der Waals surface area contributed by atoms with E-state index in [9.17, 15) is 34.5 Å². The number of carbonyl (C=O) groups excluding carboxylic acids is 2. The summed E-state index contributed by atoms with van der Waals surface area (Å²) in [5.74, 6) is 0.976. The molecular weight excluding hydrogens is 912 g/mol. The van der Waals surface area contributed by atoms with Gasteiger partial charge in [-0.15, -0.1) is 16.6 Å². The van der Waals surface area contributed by atoms with Crippen LogP contribution in [0.2, 0.25) is 0 Å². The molecular formula is C41H64ClN16O10-. The summed E-state index contributed by atoms with van der Waals surface area (Å²) in [6, 6.07) is -3.05. The number of aliphatic hydroxyl groups is 1. The van der Waals surface area contributed by atoms with Crippen LogP contribution in [0.25, 0.3) is 0 Å². The van der Waals surface area contributed by atoms with Crippen LogP contribution in [0, 0.1) is 18.3 Å². The number of aromatic nitrogens is 9. The number of carboxylic acids is 2. The van der Waals surface area contributed by atoms with Crippen molar-refractivity contribution in [2.45, 2.75) is 70.1 Å². The van der Waals surface area contributed by atoms with Crippen LogP contribution in [0.5, 0.6) is 0 Å². The van der Waals surface area contributed by atoms with Crippen molar-refractivity contribution >= 4 is 41.6 Å². The van der Waals surface area contributed by atoms with Crippen molar-refractivity contribution in [3.8, 4) is 12.3 Å². The smallest absolute Gasteiger partial charge is 0.303 e. The van der Waals surface area contributed by atoms with E-state index in [0.29, 0.717) is 95.7 Å². The maximum absolute atomic E-state index is 14.0. The minimum absolute atomic E-state index is 0. The molecule has 2 aliphatic rings. The molecule has 2 aliphatic heterocycles. The number of ether oxygens (including phenoxy) is 3. The standard InChI is InChI=1S/C41H64N16O10.ClH/c1-4-18-65-20-22-67-23-21-66-19-9-44-39-45-40(54-14-10-52(11-15-54)37(63)33(5-7-35(59)60)56-25-31(48-50-56)29(42)24-28(2)3)47-41(46-39)55-16-12-53(13-17-55)38(64)34(6-8-36(61)62)57-26-32(49-51-57)30(43)27-58;/h1,25-26,28-30,33-34,58H,5-24,27,42-43H2,2-3H3,(H,59,60)(H,61,62)(H,44,45,46,47);1H/p-1/t29?,30?,33-,34-;/m0./s1. The van der Waals surface area contributed by atoms with E-state index < -0.39 is 30.1 Å². The summed E-state index contributed by atoms with van der Waals surface area (Å²) in [5, 5.41) is 48.1. The van der Waals surface area contributed by atoms with E-state index in [1.165, 1.54) is 15.6 Å². The molecule has 0 aliphatic carbocycles. The molecule has 0 spiro atoms. The summed E-state index contributed by atoms with van der Waals surface area (Å²) >= 11 is 0. The van der Waals surface area contributed by atoms with Crippen LogP contribution in [-0.4, -0.2) is 199 Å². The van der Waals surface area contributed by atoms with E-state index in [1.807, 2.05) is 23.6 Å². The van der Waals surface area contributed by atoms with Gasteiger partial charge in [-0.05, 0) is 25.2 Å². The van der Waals surface area contributed by atoms with Gasteiger partial charge in [0.1, 0.15) is 24.4 Å². The number of piperazine rings is 2.